The topological polar surface area (TPSA) is 6.48 Å². The number of unbranched alkanes of at least 4 members (excludes halogenated alkanes) is 1. The maximum Gasteiger partial charge on any atom is 0.139 e. The quantitative estimate of drug-likeness (QED) is 0.552. The van der Waals surface area contributed by atoms with Crippen LogP contribution in [0.2, 0.25) is 0 Å². The minimum absolute atomic E-state index is 0.218. The van der Waals surface area contributed by atoms with Crippen LogP contribution in [0.5, 0.6) is 0 Å². The van der Waals surface area contributed by atoms with Crippen molar-refractivity contribution in [3.8, 4) is 0 Å². The van der Waals surface area contributed by atoms with Gasteiger partial charge in [-0.1, -0.05) is 38.0 Å². The molecule has 2 aromatic rings. The molecule has 5 heteroatoms. The fourth-order valence-corrected chi connectivity index (χ4v) is 4.58. The molecule has 0 radical (unpaired) electrons. The Morgan fingerprint density at radius 2 is 2.00 bits per heavy atom. The average molecular weight is 409 g/mol. The molecule has 2 nitrogen and oxygen atoms in total. The summed E-state index contributed by atoms with van der Waals surface area (Å²) in [6.45, 7) is 3.08. The van der Waals surface area contributed by atoms with Gasteiger partial charge in [0.2, 0.25) is 0 Å². The third-order valence-corrected chi connectivity index (χ3v) is 6.12. The van der Waals surface area contributed by atoms with E-state index in [1.807, 2.05) is 24.3 Å². The number of hydrogen-bond acceptors (Lipinski definition) is 3. The molecule has 1 heterocycles. The van der Waals surface area contributed by atoms with Gasteiger partial charge < -0.3 is 4.90 Å². The molecule has 1 atom stereocenters. The zero-order chi connectivity index (χ0) is 17.1. The normalized spacial score (nSPS) is 18.3. The summed E-state index contributed by atoms with van der Waals surface area (Å²) in [5, 5.41) is 0. The molecule has 0 spiro atoms. The van der Waals surface area contributed by atoms with Crippen molar-refractivity contribution in [2.75, 3.05) is 18.5 Å². The molecule has 3 rings (SSSR count). The molecule has 0 unspecified atom stereocenters. The number of likely N-dealkylation sites (N-methyl/N-ethyl adjacent to an activating group) is 1. The molecule has 1 aliphatic rings. The molecule has 0 saturated carbocycles. The number of halogens is 2. The highest BCUT2D eigenvalue weighted by Gasteiger charge is 2.28. The molecule has 2 aromatic carbocycles. The minimum atomic E-state index is -0.218. The van der Waals surface area contributed by atoms with Gasteiger partial charge in [0.1, 0.15) is 5.82 Å². The third-order valence-electron chi connectivity index (χ3n) is 4.40. The Balaban J connectivity index is 2.05. The average Bonchev–Trinajstić information content (AvgIpc) is 2.71. The van der Waals surface area contributed by atoms with Crippen molar-refractivity contribution in [2.24, 2.45) is 0 Å². The molecule has 0 aliphatic carbocycles. The number of nitrogens with zero attached hydrogens (tertiary/aromatic N) is 2. The molecule has 24 heavy (non-hydrogen) atoms. The Labute approximate surface area is 156 Å². The molecule has 1 aliphatic heterocycles. The van der Waals surface area contributed by atoms with Crippen LogP contribution in [0, 0.1) is 5.82 Å². The lowest BCUT2D eigenvalue weighted by atomic mass is 10.1. The summed E-state index contributed by atoms with van der Waals surface area (Å²) in [5.74, 6) is -0.218. The van der Waals surface area contributed by atoms with Gasteiger partial charge in [0, 0.05) is 23.2 Å². The number of hydrogen-bond donors (Lipinski definition) is 0. The third kappa shape index (κ3) is 3.79. The predicted octanol–water partition coefficient (Wildman–Crippen LogP) is 6.24. The van der Waals surface area contributed by atoms with Crippen molar-refractivity contribution in [2.45, 2.75) is 37.1 Å². The number of benzene rings is 2. The summed E-state index contributed by atoms with van der Waals surface area (Å²) < 4.78 is 17.1. The monoisotopic (exact) mass is 408 g/mol. The molecule has 0 bridgehead atoms. The van der Waals surface area contributed by atoms with Crippen molar-refractivity contribution in [1.82, 2.24) is 4.31 Å². The van der Waals surface area contributed by atoms with Crippen LogP contribution in [0.1, 0.15) is 26.2 Å². The van der Waals surface area contributed by atoms with Crippen molar-refractivity contribution >= 4 is 39.3 Å². The lowest BCUT2D eigenvalue weighted by molar-refractivity contribution is 0.382. The molecule has 0 N–H and O–H groups in total. The highest BCUT2D eigenvalue weighted by molar-refractivity contribution is 9.10. The van der Waals surface area contributed by atoms with Crippen LogP contribution in [0.15, 0.2) is 51.8 Å². The second-order valence-electron chi connectivity index (χ2n) is 6.11. The first-order valence-electron chi connectivity index (χ1n) is 8.32. The number of fused-ring (bicyclic) bond motifs is 1. The van der Waals surface area contributed by atoms with E-state index in [9.17, 15) is 4.39 Å². The predicted molar refractivity (Wildman–Crippen MR) is 104 cm³/mol. The first-order chi connectivity index (χ1) is 11.6. The van der Waals surface area contributed by atoms with Crippen LogP contribution in [0.3, 0.4) is 0 Å². The van der Waals surface area contributed by atoms with Gasteiger partial charge in [0.05, 0.1) is 10.2 Å². The zero-order valence-corrected chi connectivity index (χ0v) is 16.4. The Kier molecular flexibility index (Phi) is 5.85. The van der Waals surface area contributed by atoms with E-state index < -0.39 is 0 Å². The Morgan fingerprint density at radius 3 is 2.71 bits per heavy atom. The lowest BCUT2D eigenvalue weighted by Gasteiger charge is -2.30. The van der Waals surface area contributed by atoms with E-state index in [2.05, 4.69) is 51.2 Å². The van der Waals surface area contributed by atoms with Gasteiger partial charge in [0.15, 0.2) is 0 Å². The van der Waals surface area contributed by atoms with Gasteiger partial charge in [-0.3, -0.25) is 0 Å². The highest BCUT2D eigenvalue weighted by Crippen LogP contribution is 2.42. The number of anilines is 2. The summed E-state index contributed by atoms with van der Waals surface area (Å²) >= 11 is 5.04. The lowest BCUT2D eigenvalue weighted by Crippen LogP contribution is -2.35. The van der Waals surface area contributed by atoms with E-state index in [1.165, 1.54) is 12.8 Å². The van der Waals surface area contributed by atoms with E-state index in [1.54, 1.807) is 18.0 Å². The molecule has 0 amide bonds. The molecule has 0 aromatic heterocycles. The molecule has 0 fully saturated rings. The van der Waals surface area contributed by atoms with Crippen molar-refractivity contribution in [3.63, 3.8) is 0 Å². The van der Waals surface area contributed by atoms with Gasteiger partial charge in [0.25, 0.3) is 0 Å². The summed E-state index contributed by atoms with van der Waals surface area (Å²) in [7, 11) is 2.14. The van der Waals surface area contributed by atoms with Crippen molar-refractivity contribution in [1.29, 1.82) is 0 Å². The van der Waals surface area contributed by atoms with Crippen LogP contribution in [-0.2, 0) is 0 Å². The van der Waals surface area contributed by atoms with Crippen molar-refractivity contribution in [3.05, 3.63) is 52.8 Å². The Hall–Kier alpha value is -1.04. The minimum Gasteiger partial charge on any atom is -0.339 e. The first-order valence-corrected chi connectivity index (χ1v) is 9.89. The molecule has 128 valence electrons. The fourth-order valence-electron chi connectivity index (χ4n) is 3.02. The van der Waals surface area contributed by atoms with E-state index in [0.717, 1.165) is 29.2 Å². The second kappa shape index (κ2) is 7.89. The summed E-state index contributed by atoms with van der Waals surface area (Å²) in [4.78, 5) is 3.33. The standard InChI is InChI=1S/C19H22BrFN2S/c1-3-4-8-15-13-23(14-9-6-5-7-10-14)18-12-17(21)16(20)11-19(18)24-22(15)2/h5-7,9-12,15H,3-4,8,13H2,1-2H3/t15-/m1/s1. The van der Waals surface area contributed by atoms with Gasteiger partial charge in [-0.15, -0.1) is 0 Å². The Morgan fingerprint density at radius 1 is 1.25 bits per heavy atom. The van der Waals surface area contributed by atoms with Gasteiger partial charge in [-0.05, 0) is 65.6 Å². The van der Waals surface area contributed by atoms with E-state index >= 15 is 0 Å². The van der Waals surface area contributed by atoms with Crippen LogP contribution >= 0.6 is 27.9 Å². The van der Waals surface area contributed by atoms with Gasteiger partial charge in [-0.25, -0.2) is 8.70 Å². The molecular weight excluding hydrogens is 387 g/mol. The summed E-state index contributed by atoms with van der Waals surface area (Å²) in [5.41, 5.74) is 2.05. The van der Waals surface area contributed by atoms with E-state index in [4.69, 9.17) is 0 Å². The van der Waals surface area contributed by atoms with Gasteiger partial charge >= 0.3 is 0 Å². The largest absolute Gasteiger partial charge is 0.339 e. The summed E-state index contributed by atoms with van der Waals surface area (Å²) in [6, 6.07) is 14.2. The zero-order valence-electron chi connectivity index (χ0n) is 14.0. The molecule has 0 saturated heterocycles. The SMILES string of the molecule is CCCC[C@@H]1CN(c2ccccc2)c2cc(F)c(Br)cc2SN1C. The highest BCUT2D eigenvalue weighted by atomic mass is 79.9. The first kappa shape index (κ1) is 17.8. The number of para-hydroxylation sites is 1. The van der Waals surface area contributed by atoms with Crippen molar-refractivity contribution < 1.29 is 4.39 Å². The van der Waals surface area contributed by atoms with Crippen LogP contribution in [0.25, 0.3) is 0 Å². The maximum atomic E-state index is 14.2. The Bertz CT molecular complexity index is 695. The van der Waals surface area contributed by atoms with E-state index in [-0.39, 0.29) is 5.82 Å². The van der Waals surface area contributed by atoms with Crippen LogP contribution < -0.4 is 4.90 Å². The van der Waals surface area contributed by atoms with Crippen LogP contribution in [-0.4, -0.2) is 23.9 Å². The van der Waals surface area contributed by atoms with E-state index in [0.29, 0.717) is 10.5 Å². The molecular formula is C19H22BrFN2S. The fraction of sp³-hybridized carbons (Fsp3) is 0.368. The smallest absolute Gasteiger partial charge is 0.139 e. The van der Waals surface area contributed by atoms with Gasteiger partial charge in [-0.2, -0.15) is 0 Å². The van der Waals surface area contributed by atoms with Crippen LogP contribution in [0.4, 0.5) is 15.8 Å². The maximum absolute atomic E-state index is 14.2. The number of rotatable bonds is 4. The second-order valence-corrected chi connectivity index (χ2v) is 8.17. The summed E-state index contributed by atoms with van der Waals surface area (Å²) in [6.07, 6.45) is 3.53.